The zero-order valence-corrected chi connectivity index (χ0v) is 21.5. The van der Waals surface area contributed by atoms with Gasteiger partial charge in [-0.3, -0.25) is 0 Å². The quantitative estimate of drug-likeness (QED) is 0.384. The van der Waals surface area contributed by atoms with Crippen LogP contribution in [-0.2, 0) is 11.8 Å². The van der Waals surface area contributed by atoms with Crippen molar-refractivity contribution < 1.29 is 9.16 Å². The molecule has 0 amide bonds. The van der Waals surface area contributed by atoms with Crippen LogP contribution in [0.15, 0.2) is 48.5 Å². The third kappa shape index (κ3) is 4.81. The second-order valence-electron chi connectivity index (χ2n) is 10.4. The SMILES string of the molecule is COc1nc2cc(C(C)(C#N)Cc3cccc(O[Si](C)(C)C(C)(C)C)c3)ccc2cc1C. The van der Waals surface area contributed by atoms with Crippen LogP contribution in [0.2, 0.25) is 18.1 Å². The first-order valence-corrected chi connectivity index (χ1v) is 13.9. The number of pyridine rings is 1. The first-order valence-electron chi connectivity index (χ1n) is 11.0. The van der Waals surface area contributed by atoms with Gasteiger partial charge in [0.05, 0.1) is 24.1 Å². The Kier molecular flexibility index (Phi) is 6.39. The number of nitrogens with zero attached hydrogens (tertiary/aromatic N) is 2. The van der Waals surface area contributed by atoms with Crippen LogP contribution in [0.4, 0.5) is 0 Å². The summed E-state index contributed by atoms with van der Waals surface area (Å²) in [4.78, 5) is 4.64. The molecule has 0 saturated carbocycles. The molecule has 1 unspecified atom stereocenters. The monoisotopic (exact) mass is 446 g/mol. The van der Waals surface area contributed by atoms with Crippen LogP contribution in [-0.4, -0.2) is 20.4 Å². The minimum atomic E-state index is -1.93. The number of ether oxygens (including phenoxy) is 1. The number of hydrogen-bond acceptors (Lipinski definition) is 4. The van der Waals surface area contributed by atoms with E-state index in [1.54, 1.807) is 7.11 Å². The molecule has 0 bridgehead atoms. The van der Waals surface area contributed by atoms with Crippen molar-refractivity contribution in [3.8, 4) is 17.7 Å². The Morgan fingerprint density at radius 2 is 1.75 bits per heavy atom. The average Bonchev–Trinajstić information content (AvgIpc) is 2.72. The van der Waals surface area contributed by atoms with Gasteiger partial charge >= 0.3 is 0 Å². The molecule has 2 aromatic carbocycles. The second-order valence-corrected chi connectivity index (χ2v) is 15.1. The Morgan fingerprint density at radius 3 is 2.38 bits per heavy atom. The Bertz CT molecular complexity index is 1170. The van der Waals surface area contributed by atoms with Crippen LogP contribution in [0.3, 0.4) is 0 Å². The zero-order valence-electron chi connectivity index (χ0n) is 20.5. The highest BCUT2D eigenvalue weighted by Gasteiger charge is 2.39. The Labute approximate surface area is 193 Å². The van der Waals surface area contributed by atoms with Gasteiger partial charge in [0.25, 0.3) is 0 Å². The molecule has 0 spiro atoms. The molecular formula is C27H34N2O2Si. The molecule has 0 fully saturated rings. The first-order chi connectivity index (χ1) is 14.9. The molecule has 3 aromatic rings. The number of fused-ring (bicyclic) bond motifs is 1. The molecule has 0 aliphatic carbocycles. The van der Waals surface area contributed by atoms with Crippen molar-refractivity contribution in [2.75, 3.05) is 7.11 Å². The van der Waals surface area contributed by atoms with Gasteiger partial charge in [0.2, 0.25) is 14.2 Å². The molecule has 5 heteroatoms. The van der Waals surface area contributed by atoms with E-state index in [1.165, 1.54) is 0 Å². The summed E-state index contributed by atoms with van der Waals surface area (Å²) >= 11 is 0. The number of rotatable bonds is 6. The highest BCUT2D eigenvalue weighted by Crippen LogP contribution is 2.38. The Balaban J connectivity index is 1.93. The van der Waals surface area contributed by atoms with E-state index in [0.29, 0.717) is 12.3 Å². The summed E-state index contributed by atoms with van der Waals surface area (Å²) < 4.78 is 11.9. The number of hydrogen-bond donors (Lipinski definition) is 0. The summed E-state index contributed by atoms with van der Waals surface area (Å²) in [7, 11) is -0.301. The van der Waals surface area contributed by atoms with Gasteiger partial charge in [0.1, 0.15) is 5.75 Å². The lowest BCUT2D eigenvalue weighted by atomic mass is 9.78. The van der Waals surface area contributed by atoms with Crippen molar-refractivity contribution in [3.63, 3.8) is 0 Å². The van der Waals surface area contributed by atoms with Gasteiger partial charge in [0.15, 0.2) is 0 Å². The molecule has 4 nitrogen and oxygen atoms in total. The van der Waals surface area contributed by atoms with E-state index in [-0.39, 0.29) is 5.04 Å². The number of nitriles is 1. The van der Waals surface area contributed by atoms with E-state index in [1.807, 2.05) is 44.2 Å². The minimum absolute atomic E-state index is 0.127. The summed E-state index contributed by atoms with van der Waals surface area (Å²) in [5.74, 6) is 1.50. The maximum atomic E-state index is 10.2. The van der Waals surface area contributed by atoms with E-state index in [4.69, 9.17) is 9.16 Å². The van der Waals surface area contributed by atoms with Crippen LogP contribution >= 0.6 is 0 Å². The maximum Gasteiger partial charge on any atom is 0.250 e. The van der Waals surface area contributed by atoms with Crippen LogP contribution in [0.25, 0.3) is 10.9 Å². The first kappa shape index (κ1) is 23.8. The Morgan fingerprint density at radius 1 is 1.03 bits per heavy atom. The predicted molar refractivity (Wildman–Crippen MR) is 134 cm³/mol. The molecular weight excluding hydrogens is 412 g/mol. The molecule has 0 aliphatic heterocycles. The standard InChI is InChI=1S/C27H34N2O2Si/c1-19-14-21-12-13-22(16-24(21)29-25(19)30-6)27(5,18-28)17-20-10-9-11-23(15-20)31-32(7,8)26(2,3)4/h9-16H,17H2,1-8H3. The predicted octanol–water partition coefficient (Wildman–Crippen LogP) is 6.96. The molecule has 0 aliphatic rings. The van der Waals surface area contributed by atoms with Gasteiger partial charge in [-0.25, -0.2) is 4.98 Å². The van der Waals surface area contributed by atoms with Crippen molar-refractivity contribution in [1.29, 1.82) is 5.26 Å². The molecule has 168 valence electrons. The van der Waals surface area contributed by atoms with Crippen LogP contribution < -0.4 is 9.16 Å². The van der Waals surface area contributed by atoms with Crippen molar-refractivity contribution in [2.24, 2.45) is 0 Å². The van der Waals surface area contributed by atoms with E-state index in [0.717, 1.165) is 33.3 Å². The summed E-state index contributed by atoms with van der Waals surface area (Å²) in [6, 6.07) is 18.9. The number of methoxy groups -OCH3 is 1. The largest absolute Gasteiger partial charge is 0.543 e. The molecule has 0 radical (unpaired) electrons. The summed E-state index contributed by atoms with van der Waals surface area (Å²) in [6.45, 7) is 15.2. The molecule has 0 saturated heterocycles. The molecule has 0 N–H and O–H groups in total. The third-order valence-corrected chi connectivity index (χ3v) is 11.0. The van der Waals surface area contributed by atoms with E-state index in [2.05, 4.69) is 63.1 Å². The molecule has 1 heterocycles. The van der Waals surface area contributed by atoms with Crippen molar-refractivity contribution in [2.45, 2.75) is 64.6 Å². The average molecular weight is 447 g/mol. The molecule has 32 heavy (non-hydrogen) atoms. The number of aryl methyl sites for hydroxylation is 1. The lowest BCUT2D eigenvalue weighted by molar-refractivity contribution is 0.396. The van der Waals surface area contributed by atoms with Gasteiger partial charge in [-0.15, -0.1) is 0 Å². The lowest BCUT2D eigenvalue weighted by Gasteiger charge is -2.36. The molecule has 1 atom stereocenters. The van der Waals surface area contributed by atoms with E-state index in [9.17, 15) is 5.26 Å². The van der Waals surface area contributed by atoms with Crippen molar-refractivity contribution >= 4 is 19.2 Å². The highest BCUT2D eigenvalue weighted by molar-refractivity contribution is 6.74. The van der Waals surface area contributed by atoms with Crippen molar-refractivity contribution in [1.82, 2.24) is 4.98 Å². The van der Waals surface area contributed by atoms with Crippen LogP contribution in [0, 0.1) is 18.3 Å². The van der Waals surface area contributed by atoms with Crippen LogP contribution in [0.5, 0.6) is 11.6 Å². The minimum Gasteiger partial charge on any atom is -0.543 e. The summed E-state index contributed by atoms with van der Waals surface area (Å²) in [6.07, 6.45) is 0.590. The van der Waals surface area contributed by atoms with Gasteiger partial charge in [-0.05, 0) is 73.8 Å². The molecule has 3 rings (SSSR count). The van der Waals surface area contributed by atoms with Gasteiger partial charge < -0.3 is 9.16 Å². The second kappa shape index (κ2) is 8.59. The number of aromatic nitrogens is 1. The van der Waals surface area contributed by atoms with Crippen molar-refractivity contribution in [3.05, 3.63) is 65.2 Å². The van der Waals surface area contributed by atoms with Gasteiger partial charge in [-0.2, -0.15) is 5.26 Å². The number of benzene rings is 2. The smallest absolute Gasteiger partial charge is 0.250 e. The summed E-state index contributed by atoms with van der Waals surface area (Å²) in [5.41, 5.74) is 3.17. The fraction of sp³-hybridized carbons (Fsp3) is 0.407. The van der Waals surface area contributed by atoms with Crippen LogP contribution in [0.1, 0.15) is 44.4 Å². The highest BCUT2D eigenvalue weighted by atomic mass is 28.4. The fourth-order valence-corrected chi connectivity index (χ4v) is 4.61. The topological polar surface area (TPSA) is 55.1 Å². The normalized spacial score (nSPS) is 14.0. The lowest BCUT2D eigenvalue weighted by Crippen LogP contribution is -2.43. The zero-order chi connectivity index (χ0) is 23.7. The fourth-order valence-electron chi connectivity index (χ4n) is 3.59. The van der Waals surface area contributed by atoms with E-state index < -0.39 is 13.7 Å². The Hall–Kier alpha value is -2.84. The molecule has 1 aromatic heterocycles. The maximum absolute atomic E-state index is 10.2. The van der Waals surface area contributed by atoms with E-state index >= 15 is 0 Å². The van der Waals surface area contributed by atoms with Gasteiger partial charge in [-0.1, -0.05) is 45.0 Å². The third-order valence-electron chi connectivity index (χ3n) is 6.67. The summed E-state index contributed by atoms with van der Waals surface area (Å²) in [5, 5.41) is 11.3. The van der Waals surface area contributed by atoms with Gasteiger partial charge in [0, 0.05) is 10.9 Å².